The standard InChI is InChI=1S/C11H15N/c1-8-3-4-9(2)10(7-8)11-5-6-12-11/h3-4,7,11-12H,5-6H2,1-2H3/t11-/m1/s1. The Morgan fingerprint density at radius 1 is 1.33 bits per heavy atom. The second-order valence-corrected chi connectivity index (χ2v) is 3.66. The molecular formula is C11H15N. The molecule has 1 atom stereocenters. The van der Waals surface area contributed by atoms with Gasteiger partial charge in [0.1, 0.15) is 0 Å². The summed E-state index contributed by atoms with van der Waals surface area (Å²) in [7, 11) is 0. The normalized spacial score (nSPS) is 22.0. The van der Waals surface area contributed by atoms with Gasteiger partial charge in [-0.3, -0.25) is 0 Å². The Balaban J connectivity index is 2.34. The van der Waals surface area contributed by atoms with Gasteiger partial charge in [-0.05, 0) is 37.9 Å². The lowest BCUT2D eigenvalue weighted by atomic mass is 9.93. The maximum atomic E-state index is 3.43. The quantitative estimate of drug-likeness (QED) is 0.666. The smallest absolute Gasteiger partial charge is 0.0335 e. The fourth-order valence-electron chi connectivity index (χ4n) is 1.69. The molecule has 0 unspecified atom stereocenters. The van der Waals surface area contributed by atoms with Gasteiger partial charge < -0.3 is 5.32 Å². The minimum absolute atomic E-state index is 0.630. The Kier molecular flexibility index (Phi) is 1.89. The molecule has 1 heterocycles. The minimum Gasteiger partial charge on any atom is -0.310 e. The molecule has 1 saturated heterocycles. The van der Waals surface area contributed by atoms with E-state index in [1.807, 2.05) is 0 Å². The number of rotatable bonds is 1. The first-order valence-corrected chi connectivity index (χ1v) is 4.58. The highest BCUT2D eigenvalue weighted by atomic mass is 15.0. The Bertz CT molecular complexity index is 287. The summed E-state index contributed by atoms with van der Waals surface area (Å²) in [5.41, 5.74) is 4.27. The van der Waals surface area contributed by atoms with Gasteiger partial charge in [-0.2, -0.15) is 0 Å². The molecule has 2 rings (SSSR count). The maximum absolute atomic E-state index is 3.43. The summed E-state index contributed by atoms with van der Waals surface area (Å²) in [6, 6.07) is 7.32. The summed E-state index contributed by atoms with van der Waals surface area (Å²) >= 11 is 0. The Hall–Kier alpha value is -0.820. The van der Waals surface area contributed by atoms with Crippen molar-refractivity contribution in [2.24, 2.45) is 0 Å². The lowest BCUT2D eigenvalue weighted by molar-refractivity contribution is 0.382. The van der Waals surface area contributed by atoms with Crippen molar-refractivity contribution >= 4 is 0 Å². The van der Waals surface area contributed by atoms with Gasteiger partial charge >= 0.3 is 0 Å². The van der Waals surface area contributed by atoms with E-state index >= 15 is 0 Å². The molecule has 1 N–H and O–H groups in total. The molecule has 0 aromatic heterocycles. The number of hydrogen-bond acceptors (Lipinski definition) is 1. The Morgan fingerprint density at radius 2 is 2.08 bits per heavy atom. The van der Waals surface area contributed by atoms with Crippen LogP contribution in [0.4, 0.5) is 0 Å². The van der Waals surface area contributed by atoms with E-state index in [1.54, 1.807) is 0 Å². The van der Waals surface area contributed by atoms with Crippen LogP contribution in [0.2, 0.25) is 0 Å². The highest BCUT2D eigenvalue weighted by molar-refractivity contribution is 5.33. The molecule has 1 aromatic carbocycles. The van der Waals surface area contributed by atoms with Crippen LogP contribution in [0.5, 0.6) is 0 Å². The van der Waals surface area contributed by atoms with E-state index in [0.717, 1.165) is 0 Å². The highest BCUT2D eigenvalue weighted by Gasteiger charge is 2.19. The maximum Gasteiger partial charge on any atom is 0.0335 e. The van der Waals surface area contributed by atoms with Crippen LogP contribution < -0.4 is 5.32 Å². The van der Waals surface area contributed by atoms with Crippen molar-refractivity contribution in [3.63, 3.8) is 0 Å². The number of benzene rings is 1. The van der Waals surface area contributed by atoms with Crippen molar-refractivity contribution < 1.29 is 0 Å². The lowest BCUT2D eigenvalue weighted by Crippen LogP contribution is -2.35. The fourth-order valence-corrected chi connectivity index (χ4v) is 1.69. The minimum atomic E-state index is 0.630. The van der Waals surface area contributed by atoms with Crippen molar-refractivity contribution in [3.8, 4) is 0 Å². The van der Waals surface area contributed by atoms with Crippen LogP contribution in [-0.4, -0.2) is 6.54 Å². The van der Waals surface area contributed by atoms with Gasteiger partial charge in [0.15, 0.2) is 0 Å². The first kappa shape index (κ1) is 7.81. The van der Waals surface area contributed by atoms with Gasteiger partial charge in [0.25, 0.3) is 0 Å². The molecule has 0 saturated carbocycles. The van der Waals surface area contributed by atoms with Crippen LogP contribution in [0, 0.1) is 13.8 Å². The molecule has 1 nitrogen and oxygen atoms in total. The monoisotopic (exact) mass is 161 g/mol. The molecule has 0 radical (unpaired) electrons. The molecule has 1 heteroatoms. The predicted molar refractivity (Wildman–Crippen MR) is 51.3 cm³/mol. The van der Waals surface area contributed by atoms with Crippen molar-refractivity contribution in [1.82, 2.24) is 5.32 Å². The topological polar surface area (TPSA) is 12.0 Å². The van der Waals surface area contributed by atoms with Crippen LogP contribution >= 0.6 is 0 Å². The van der Waals surface area contributed by atoms with Crippen molar-refractivity contribution in [1.29, 1.82) is 0 Å². The molecule has 1 aromatic rings. The van der Waals surface area contributed by atoms with Gasteiger partial charge in [-0.15, -0.1) is 0 Å². The van der Waals surface area contributed by atoms with Gasteiger partial charge in [0.05, 0.1) is 0 Å². The Morgan fingerprint density at radius 3 is 2.67 bits per heavy atom. The van der Waals surface area contributed by atoms with Gasteiger partial charge in [-0.25, -0.2) is 0 Å². The van der Waals surface area contributed by atoms with Crippen LogP contribution in [-0.2, 0) is 0 Å². The summed E-state index contributed by atoms with van der Waals surface area (Å²) in [5, 5.41) is 3.43. The zero-order valence-electron chi connectivity index (χ0n) is 7.72. The van der Waals surface area contributed by atoms with Gasteiger partial charge in [-0.1, -0.05) is 23.8 Å². The second kappa shape index (κ2) is 2.91. The molecular weight excluding hydrogens is 146 g/mol. The number of aryl methyl sites for hydroxylation is 2. The van der Waals surface area contributed by atoms with Crippen molar-refractivity contribution in [2.45, 2.75) is 26.3 Å². The number of hydrogen-bond donors (Lipinski definition) is 1. The fraction of sp³-hybridized carbons (Fsp3) is 0.455. The first-order valence-electron chi connectivity index (χ1n) is 4.58. The van der Waals surface area contributed by atoms with E-state index in [0.29, 0.717) is 6.04 Å². The molecule has 1 aliphatic heterocycles. The third-order valence-corrected chi connectivity index (χ3v) is 2.63. The molecule has 12 heavy (non-hydrogen) atoms. The van der Waals surface area contributed by atoms with E-state index in [4.69, 9.17) is 0 Å². The zero-order chi connectivity index (χ0) is 8.55. The summed E-state index contributed by atoms with van der Waals surface area (Å²) < 4.78 is 0. The third kappa shape index (κ3) is 1.25. The summed E-state index contributed by atoms with van der Waals surface area (Å²) in [5.74, 6) is 0. The molecule has 64 valence electrons. The second-order valence-electron chi connectivity index (χ2n) is 3.66. The molecule has 0 aliphatic carbocycles. The van der Waals surface area contributed by atoms with Gasteiger partial charge in [0, 0.05) is 6.04 Å². The summed E-state index contributed by atoms with van der Waals surface area (Å²) in [4.78, 5) is 0. The zero-order valence-corrected chi connectivity index (χ0v) is 7.72. The van der Waals surface area contributed by atoms with Crippen molar-refractivity contribution in [3.05, 3.63) is 34.9 Å². The van der Waals surface area contributed by atoms with E-state index in [2.05, 4.69) is 37.4 Å². The molecule has 0 spiro atoms. The molecule has 1 fully saturated rings. The largest absolute Gasteiger partial charge is 0.310 e. The summed E-state index contributed by atoms with van der Waals surface area (Å²) in [6.07, 6.45) is 1.30. The van der Waals surface area contributed by atoms with Crippen LogP contribution in [0.3, 0.4) is 0 Å². The molecule has 0 amide bonds. The lowest BCUT2D eigenvalue weighted by Gasteiger charge is -2.29. The predicted octanol–water partition coefficient (Wildman–Crippen LogP) is 2.34. The summed E-state index contributed by atoms with van der Waals surface area (Å²) in [6.45, 7) is 5.52. The van der Waals surface area contributed by atoms with Crippen LogP contribution in [0.15, 0.2) is 18.2 Å². The average Bonchev–Trinajstić information content (AvgIpc) is 1.93. The molecule has 1 aliphatic rings. The van der Waals surface area contributed by atoms with E-state index in [9.17, 15) is 0 Å². The first-order chi connectivity index (χ1) is 5.77. The number of nitrogens with one attached hydrogen (secondary N) is 1. The van der Waals surface area contributed by atoms with E-state index < -0.39 is 0 Å². The average molecular weight is 161 g/mol. The van der Waals surface area contributed by atoms with Crippen molar-refractivity contribution in [2.75, 3.05) is 6.54 Å². The van der Waals surface area contributed by atoms with Crippen LogP contribution in [0.1, 0.15) is 29.2 Å². The SMILES string of the molecule is Cc1ccc(C)c([C@H]2CCN2)c1. The highest BCUT2D eigenvalue weighted by Crippen LogP contribution is 2.26. The van der Waals surface area contributed by atoms with E-state index in [1.165, 1.54) is 29.7 Å². The Labute approximate surface area is 73.8 Å². The third-order valence-electron chi connectivity index (χ3n) is 2.63. The van der Waals surface area contributed by atoms with Crippen LogP contribution in [0.25, 0.3) is 0 Å². The van der Waals surface area contributed by atoms with E-state index in [-0.39, 0.29) is 0 Å². The van der Waals surface area contributed by atoms with Gasteiger partial charge in [0.2, 0.25) is 0 Å². The molecule has 0 bridgehead atoms.